The number of aromatic nitrogens is 2. The Morgan fingerprint density at radius 2 is 1.94 bits per heavy atom. The zero-order valence-electron chi connectivity index (χ0n) is 17.7. The van der Waals surface area contributed by atoms with E-state index in [-0.39, 0.29) is 42.5 Å². The fourth-order valence-corrected chi connectivity index (χ4v) is 3.51. The van der Waals surface area contributed by atoms with Crippen LogP contribution in [0.5, 0.6) is 0 Å². The van der Waals surface area contributed by atoms with Gasteiger partial charge in [-0.1, -0.05) is 12.1 Å². The van der Waals surface area contributed by atoms with E-state index in [2.05, 4.69) is 20.6 Å². The van der Waals surface area contributed by atoms with Crippen LogP contribution in [0.3, 0.4) is 0 Å². The number of carbonyl (C=O) groups is 3. The van der Waals surface area contributed by atoms with E-state index in [1.54, 1.807) is 24.0 Å². The number of benzene rings is 1. The van der Waals surface area contributed by atoms with E-state index < -0.39 is 0 Å². The minimum atomic E-state index is -0.326. The Kier molecular flexibility index (Phi) is 7.28. The van der Waals surface area contributed by atoms with Gasteiger partial charge >= 0.3 is 0 Å². The molecule has 1 aromatic carbocycles. The summed E-state index contributed by atoms with van der Waals surface area (Å²) in [5.41, 5.74) is 1.72. The van der Waals surface area contributed by atoms with Gasteiger partial charge < -0.3 is 15.5 Å². The van der Waals surface area contributed by atoms with Gasteiger partial charge in [-0.2, -0.15) is 0 Å². The summed E-state index contributed by atoms with van der Waals surface area (Å²) in [4.78, 5) is 46.5. The number of aryl methyl sites for hydroxylation is 1. The number of amides is 3. The highest BCUT2D eigenvalue weighted by atomic mass is 19.1. The summed E-state index contributed by atoms with van der Waals surface area (Å²) in [6, 6.07) is 5.92. The first-order chi connectivity index (χ1) is 14.8. The Morgan fingerprint density at radius 1 is 1.19 bits per heavy atom. The Labute approximate surface area is 180 Å². The van der Waals surface area contributed by atoms with Crippen LogP contribution in [-0.2, 0) is 16.1 Å². The Balaban J connectivity index is 1.61. The topological polar surface area (TPSA) is 104 Å². The highest BCUT2D eigenvalue weighted by molar-refractivity contribution is 5.94. The van der Waals surface area contributed by atoms with Gasteiger partial charge in [-0.25, -0.2) is 14.4 Å². The van der Waals surface area contributed by atoms with Crippen LogP contribution in [0.2, 0.25) is 0 Å². The summed E-state index contributed by atoms with van der Waals surface area (Å²) in [5.74, 6) is -0.422. The van der Waals surface area contributed by atoms with Crippen LogP contribution in [0.4, 0.5) is 4.39 Å². The standard InChI is InChI=1S/C22H26FN5O3/c1-14-19(22(31)26-10-16-5-7-18(23)8-6-16)11-25-21(27-14)17-4-3-9-28(13-17)20(30)12-24-15(2)29/h5-8,11,17H,3-4,9-10,12-13H2,1-2H3,(H,24,29)(H,26,31)/t17-/m1/s1. The number of likely N-dealkylation sites (tertiary alicyclic amines) is 1. The first kappa shape index (κ1) is 22.3. The second-order valence-corrected chi connectivity index (χ2v) is 7.63. The molecule has 164 valence electrons. The third kappa shape index (κ3) is 6.07. The van der Waals surface area contributed by atoms with Crippen molar-refractivity contribution in [3.8, 4) is 0 Å². The maximum atomic E-state index is 13.0. The molecule has 1 aromatic heterocycles. The summed E-state index contributed by atoms with van der Waals surface area (Å²) in [5, 5.41) is 5.32. The van der Waals surface area contributed by atoms with Gasteiger partial charge in [0.25, 0.3) is 5.91 Å². The number of hydrogen-bond acceptors (Lipinski definition) is 5. The second-order valence-electron chi connectivity index (χ2n) is 7.63. The van der Waals surface area contributed by atoms with Crippen LogP contribution >= 0.6 is 0 Å². The number of nitrogens with zero attached hydrogens (tertiary/aromatic N) is 3. The zero-order valence-corrected chi connectivity index (χ0v) is 17.7. The Hall–Kier alpha value is -3.36. The van der Waals surface area contributed by atoms with Crippen molar-refractivity contribution in [1.29, 1.82) is 0 Å². The molecule has 0 unspecified atom stereocenters. The van der Waals surface area contributed by atoms with Gasteiger partial charge in [0.1, 0.15) is 11.6 Å². The maximum Gasteiger partial charge on any atom is 0.254 e. The van der Waals surface area contributed by atoms with Gasteiger partial charge in [0.2, 0.25) is 11.8 Å². The van der Waals surface area contributed by atoms with Crippen molar-refractivity contribution in [2.75, 3.05) is 19.6 Å². The van der Waals surface area contributed by atoms with Gasteiger partial charge in [0.05, 0.1) is 17.8 Å². The second kappa shape index (κ2) is 10.1. The van der Waals surface area contributed by atoms with E-state index in [1.165, 1.54) is 25.3 Å². The Morgan fingerprint density at radius 3 is 2.61 bits per heavy atom. The van der Waals surface area contributed by atoms with Crippen LogP contribution in [-0.4, -0.2) is 52.2 Å². The molecule has 2 N–H and O–H groups in total. The van der Waals surface area contributed by atoms with Gasteiger partial charge in [-0.3, -0.25) is 14.4 Å². The molecule has 9 heteroatoms. The van der Waals surface area contributed by atoms with E-state index in [0.29, 0.717) is 30.2 Å². The molecule has 1 aliphatic rings. The fraction of sp³-hybridized carbons (Fsp3) is 0.409. The lowest BCUT2D eigenvalue weighted by Crippen LogP contribution is -2.44. The number of nitrogens with one attached hydrogen (secondary N) is 2. The quantitative estimate of drug-likeness (QED) is 0.730. The highest BCUT2D eigenvalue weighted by Gasteiger charge is 2.27. The Bertz CT molecular complexity index is 964. The molecule has 1 saturated heterocycles. The average Bonchev–Trinajstić information content (AvgIpc) is 2.76. The molecule has 1 atom stereocenters. The number of piperidine rings is 1. The molecule has 0 aliphatic carbocycles. The van der Waals surface area contributed by atoms with Crippen molar-refractivity contribution in [2.24, 2.45) is 0 Å². The smallest absolute Gasteiger partial charge is 0.254 e. The fourth-order valence-electron chi connectivity index (χ4n) is 3.51. The van der Waals surface area contributed by atoms with Crippen LogP contribution in [0.25, 0.3) is 0 Å². The van der Waals surface area contributed by atoms with Gasteiger partial charge in [0, 0.05) is 38.7 Å². The van der Waals surface area contributed by atoms with Crippen LogP contribution < -0.4 is 10.6 Å². The first-order valence-electron chi connectivity index (χ1n) is 10.2. The molecule has 0 saturated carbocycles. The largest absolute Gasteiger partial charge is 0.348 e. The van der Waals surface area contributed by atoms with E-state index in [4.69, 9.17) is 0 Å². The minimum Gasteiger partial charge on any atom is -0.348 e. The van der Waals surface area contributed by atoms with Gasteiger partial charge in [-0.15, -0.1) is 0 Å². The van der Waals surface area contributed by atoms with Crippen molar-refractivity contribution in [2.45, 2.75) is 39.2 Å². The molecule has 0 spiro atoms. The van der Waals surface area contributed by atoms with Crippen LogP contribution in [0.1, 0.15) is 53.1 Å². The summed E-state index contributed by atoms with van der Waals surface area (Å²) >= 11 is 0. The lowest BCUT2D eigenvalue weighted by molar-refractivity contribution is -0.133. The van der Waals surface area contributed by atoms with Crippen molar-refractivity contribution < 1.29 is 18.8 Å². The summed E-state index contributed by atoms with van der Waals surface area (Å²) in [6.07, 6.45) is 3.17. The van der Waals surface area contributed by atoms with Crippen LogP contribution in [0.15, 0.2) is 30.5 Å². The molecule has 3 rings (SSSR count). The maximum absolute atomic E-state index is 13.0. The molecule has 2 heterocycles. The summed E-state index contributed by atoms with van der Waals surface area (Å²) in [6.45, 7) is 4.50. The molecule has 1 fully saturated rings. The first-order valence-corrected chi connectivity index (χ1v) is 10.2. The number of hydrogen-bond donors (Lipinski definition) is 2. The highest BCUT2D eigenvalue weighted by Crippen LogP contribution is 2.25. The summed E-state index contributed by atoms with van der Waals surface area (Å²) in [7, 11) is 0. The molecule has 3 amide bonds. The molecule has 0 radical (unpaired) electrons. The van der Waals surface area contributed by atoms with Crippen molar-refractivity contribution in [3.63, 3.8) is 0 Å². The van der Waals surface area contributed by atoms with E-state index in [0.717, 1.165) is 18.4 Å². The van der Waals surface area contributed by atoms with Gasteiger partial charge in [-0.05, 0) is 37.5 Å². The lowest BCUT2D eigenvalue weighted by Gasteiger charge is -2.32. The summed E-state index contributed by atoms with van der Waals surface area (Å²) < 4.78 is 13.0. The van der Waals surface area contributed by atoms with E-state index in [1.807, 2.05) is 0 Å². The zero-order chi connectivity index (χ0) is 22.4. The van der Waals surface area contributed by atoms with Crippen molar-refractivity contribution in [1.82, 2.24) is 25.5 Å². The van der Waals surface area contributed by atoms with E-state index >= 15 is 0 Å². The molecule has 0 bridgehead atoms. The lowest BCUT2D eigenvalue weighted by atomic mass is 9.96. The predicted molar refractivity (Wildman–Crippen MR) is 112 cm³/mol. The van der Waals surface area contributed by atoms with Crippen LogP contribution in [0, 0.1) is 12.7 Å². The SMILES string of the molecule is CC(=O)NCC(=O)N1CCC[C@@H](c2ncc(C(=O)NCc3ccc(F)cc3)c(C)n2)C1. The molecule has 31 heavy (non-hydrogen) atoms. The average molecular weight is 427 g/mol. The molecule has 2 aromatic rings. The number of carbonyl (C=O) groups excluding carboxylic acids is 3. The van der Waals surface area contributed by atoms with Crippen molar-refractivity contribution >= 4 is 17.7 Å². The third-order valence-corrected chi connectivity index (χ3v) is 5.24. The molecular formula is C22H26FN5O3. The number of halogens is 1. The number of rotatable bonds is 6. The minimum absolute atomic E-state index is 0.0187. The monoisotopic (exact) mass is 427 g/mol. The van der Waals surface area contributed by atoms with E-state index in [9.17, 15) is 18.8 Å². The molecular weight excluding hydrogens is 401 g/mol. The van der Waals surface area contributed by atoms with Gasteiger partial charge in [0.15, 0.2) is 0 Å². The van der Waals surface area contributed by atoms with Crippen molar-refractivity contribution in [3.05, 3.63) is 58.9 Å². The molecule has 8 nitrogen and oxygen atoms in total. The normalized spacial score (nSPS) is 16.0. The molecule has 1 aliphatic heterocycles. The predicted octanol–water partition coefficient (Wildman–Crippen LogP) is 1.70. The third-order valence-electron chi connectivity index (χ3n) is 5.24.